The van der Waals surface area contributed by atoms with Gasteiger partial charge in [-0.25, -0.2) is 4.98 Å². The molecule has 1 amide bonds. The molecule has 1 unspecified atom stereocenters. The van der Waals surface area contributed by atoms with Crippen molar-refractivity contribution in [1.82, 2.24) is 4.98 Å². The molecule has 1 saturated heterocycles. The number of piperidine rings is 1. The van der Waals surface area contributed by atoms with Crippen LogP contribution in [0.2, 0.25) is 0 Å². The van der Waals surface area contributed by atoms with E-state index in [0.29, 0.717) is 0 Å². The van der Waals surface area contributed by atoms with Gasteiger partial charge in [-0.05, 0) is 44.6 Å². The average molecular weight is 279 g/mol. The van der Waals surface area contributed by atoms with E-state index in [-0.39, 0.29) is 11.2 Å². The molecular formula is C14H21N3OS. The molecule has 1 fully saturated rings. The van der Waals surface area contributed by atoms with E-state index >= 15 is 0 Å². The van der Waals surface area contributed by atoms with Crippen LogP contribution in [0.3, 0.4) is 0 Å². The summed E-state index contributed by atoms with van der Waals surface area (Å²) in [5, 5.41) is 2.95. The van der Waals surface area contributed by atoms with Crippen molar-refractivity contribution in [3.05, 3.63) is 18.3 Å². The Kier molecular flexibility index (Phi) is 5.07. The number of carbonyl (C=O) groups excluding carboxylic acids is 1. The van der Waals surface area contributed by atoms with Gasteiger partial charge in [0.25, 0.3) is 0 Å². The van der Waals surface area contributed by atoms with Gasteiger partial charge < -0.3 is 10.2 Å². The third kappa shape index (κ3) is 3.62. The lowest BCUT2D eigenvalue weighted by atomic mass is 10.1. The Balaban J connectivity index is 2.13. The summed E-state index contributed by atoms with van der Waals surface area (Å²) in [6.45, 7) is 3.97. The van der Waals surface area contributed by atoms with E-state index in [9.17, 15) is 4.79 Å². The molecule has 0 aromatic carbocycles. The number of carbonyl (C=O) groups is 1. The van der Waals surface area contributed by atoms with Crippen LogP contribution < -0.4 is 10.2 Å². The second kappa shape index (κ2) is 6.80. The minimum atomic E-state index is -0.0468. The van der Waals surface area contributed by atoms with Gasteiger partial charge in [-0.15, -0.1) is 0 Å². The smallest absolute Gasteiger partial charge is 0.237 e. The summed E-state index contributed by atoms with van der Waals surface area (Å²) in [4.78, 5) is 18.7. The molecule has 2 rings (SSSR count). The molecule has 0 bridgehead atoms. The Morgan fingerprint density at radius 2 is 2.16 bits per heavy atom. The minimum Gasteiger partial charge on any atom is -0.355 e. The molecule has 1 aromatic heterocycles. The predicted octanol–water partition coefficient (Wildman–Crippen LogP) is 2.76. The van der Waals surface area contributed by atoms with Crippen molar-refractivity contribution >= 4 is 29.2 Å². The van der Waals surface area contributed by atoms with Crippen molar-refractivity contribution in [1.29, 1.82) is 0 Å². The average Bonchev–Trinajstić information content (AvgIpc) is 2.47. The highest BCUT2D eigenvalue weighted by atomic mass is 32.2. The largest absolute Gasteiger partial charge is 0.355 e. The Labute approximate surface area is 119 Å². The number of rotatable bonds is 4. The van der Waals surface area contributed by atoms with Crippen molar-refractivity contribution in [3.8, 4) is 0 Å². The highest BCUT2D eigenvalue weighted by Gasteiger charge is 2.18. The van der Waals surface area contributed by atoms with Crippen LogP contribution in [0.25, 0.3) is 0 Å². The van der Waals surface area contributed by atoms with Gasteiger partial charge in [-0.1, -0.05) is 0 Å². The fourth-order valence-electron chi connectivity index (χ4n) is 2.19. The number of thioether (sulfide) groups is 1. The number of hydrogen-bond acceptors (Lipinski definition) is 4. The van der Waals surface area contributed by atoms with E-state index in [2.05, 4.69) is 15.2 Å². The van der Waals surface area contributed by atoms with Crippen molar-refractivity contribution in [2.45, 2.75) is 31.4 Å². The Hall–Kier alpha value is -1.23. The molecule has 0 aliphatic carbocycles. The highest BCUT2D eigenvalue weighted by molar-refractivity contribution is 7.99. The first-order valence-electron chi connectivity index (χ1n) is 6.76. The maximum atomic E-state index is 12.0. The lowest BCUT2D eigenvalue weighted by Crippen LogP contribution is -2.32. The normalized spacial score (nSPS) is 17.1. The minimum absolute atomic E-state index is 0.0405. The molecular weight excluding hydrogens is 258 g/mol. The Morgan fingerprint density at radius 3 is 2.84 bits per heavy atom. The first kappa shape index (κ1) is 14.2. The van der Waals surface area contributed by atoms with Crippen LogP contribution in [0.15, 0.2) is 18.3 Å². The third-order valence-corrected chi connectivity index (χ3v) is 4.34. The van der Waals surface area contributed by atoms with Crippen LogP contribution >= 0.6 is 11.8 Å². The monoisotopic (exact) mass is 279 g/mol. The molecule has 2 heterocycles. The second-order valence-electron chi connectivity index (χ2n) is 4.79. The van der Waals surface area contributed by atoms with Gasteiger partial charge >= 0.3 is 0 Å². The summed E-state index contributed by atoms with van der Waals surface area (Å²) in [7, 11) is 0. The van der Waals surface area contributed by atoms with Crippen LogP contribution in [-0.2, 0) is 4.79 Å². The van der Waals surface area contributed by atoms with E-state index in [0.717, 1.165) is 24.6 Å². The summed E-state index contributed by atoms with van der Waals surface area (Å²) in [6.07, 6.45) is 7.42. The predicted molar refractivity (Wildman–Crippen MR) is 81.9 cm³/mol. The lowest BCUT2D eigenvalue weighted by molar-refractivity contribution is -0.115. The molecule has 5 heteroatoms. The zero-order chi connectivity index (χ0) is 13.7. The van der Waals surface area contributed by atoms with Crippen LogP contribution in [0.4, 0.5) is 11.5 Å². The summed E-state index contributed by atoms with van der Waals surface area (Å²) in [6, 6.07) is 3.80. The maximum Gasteiger partial charge on any atom is 0.237 e. The van der Waals surface area contributed by atoms with E-state index in [1.807, 2.05) is 25.3 Å². The number of amides is 1. The van der Waals surface area contributed by atoms with Gasteiger partial charge in [0.05, 0.1) is 10.9 Å². The molecule has 1 atom stereocenters. The van der Waals surface area contributed by atoms with Gasteiger partial charge in [0.1, 0.15) is 0 Å². The molecule has 1 aliphatic heterocycles. The SMILES string of the molecule is CSC(C)C(=O)Nc1cccnc1N1CCCCC1. The zero-order valence-electron chi connectivity index (χ0n) is 11.6. The number of aromatic nitrogens is 1. The van der Waals surface area contributed by atoms with Crippen molar-refractivity contribution in [2.24, 2.45) is 0 Å². The molecule has 0 spiro atoms. The van der Waals surface area contributed by atoms with Crippen molar-refractivity contribution < 1.29 is 4.79 Å². The van der Waals surface area contributed by atoms with Gasteiger partial charge in [0, 0.05) is 19.3 Å². The Morgan fingerprint density at radius 1 is 1.42 bits per heavy atom. The molecule has 19 heavy (non-hydrogen) atoms. The number of nitrogens with one attached hydrogen (secondary N) is 1. The van der Waals surface area contributed by atoms with Gasteiger partial charge in [-0.3, -0.25) is 4.79 Å². The Bertz CT molecular complexity index is 432. The fraction of sp³-hybridized carbons (Fsp3) is 0.571. The third-order valence-electron chi connectivity index (χ3n) is 3.42. The standard InChI is InChI=1S/C14H21N3OS/c1-11(19-2)14(18)16-12-7-6-8-15-13(12)17-9-4-3-5-10-17/h6-8,11H,3-5,9-10H2,1-2H3,(H,16,18). The van der Waals surface area contributed by atoms with Crippen LogP contribution in [0.1, 0.15) is 26.2 Å². The summed E-state index contributed by atoms with van der Waals surface area (Å²) >= 11 is 1.55. The first-order valence-corrected chi connectivity index (χ1v) is 8.05. The number of hydrogen-bond donors (Lipinski definition) is 1. The van der Waals surface area contributed by atoms with E-state index < -0.39 is 0 Å². The highest BCUT2D eigenvalue weighted by Crippen LogP contribution is 2.26. The maximum absolute atomic E-state index is 12.0. The van der Waals surface area contributed by atoms with E-state index in [1.165, 1.54) is 19.3 Å². The lowest BCUT2D eigenvalue weighted by Gasteiger charge is -2.29. The molecule has 4 nitrogen and oxygen atoms in total. The summed E-state index contributed by atoms with van der Waals surface area (Å²) in [5.41, 5.74) is 0.829. The topological polar surface area (TPSA) is 45.2 Å². The fourth-order valence-corrected chi connectivity index (χ4v) is 2.47. The first-order chi connectivity index (χ1) is 9.22. The zero-order valence-corrected chi connectivity index (χ0v) is 12.4. The summed E-state index contributed by atoms with van der Waals surface area (Å²) in [5.74, 6) is 0.947. The van der Waals surface area contributed by atoms with Crippen molar-refractivity contribution in [2.75, 3.05) is 29.6 Å². The van der Waals surface area contributed by atoms with Gasteiger partial charge in [0.2, 0.25) is 5.91 Å². The van der Waals surface area contributed by atoms with E-state index in [1.54, 1.807) is 18.0 Å². The molecule has 1 aliphatic rings. The van der Waals surface area contributed by atoms with Gasteiger partial charge in [-0.2, -0.15) is 11.8 Å². The quantitative estimate of drug-likeness (QED) is 0.920. The number of pyridine rings is 1. The second-order valence-corrected chi connectivity index (χ2v) is 5.97. The molecule has 1 N–H and O–H groups in total. The number of nitrogens with zero attached hydrogens (tertiary/aromatic N) is 2. The van der Waals surface area contributed by atoms with Crippen LogP contribution in [0, 0.1) is 0 Å². The van der Waals surface area contributed by atoms with Crippen molar-refractivity contribution in [3.63, 3.8) is 0 Å². The van der Waals surface area contributed by atoms with Crippen LogP contribution in [0.5, 0.6) is 0 Å². The summed E-state index contributed by atoms with van der Waals surface area (Å²) < 4.78 is 0. The molecule has 0 radical (unpaired) electrons. The molecule has 1 aromatic rings. The molecule has 104 valence electrons. The number of anilines is 2. The van der Waals surface area contributed by atoms with E-state index in [4.69, 9.17) is 0 Å². The van der Waals surface area contributed by atoms with Gasteiger partial charge in [0.15, 0.2) is 5.82 Å². The molecule has 0 saturated carbocycles. The van der Waals surface area contributed by atoms with Crippen LogP contribution in [-0.4, -0.2) is 35.5 Å².